The molecule has 0 aromatic carbocycles. The topological polar surface area (TPSA) is 126 Å². The molecule has 8 nitrogen and oxygen atoms in total. The van der Waals surface area contributed by atoms with Crippen molar-refractivity contribution in [2.24, 2.45) is 5.73 Å². The van der Waals surface area contributed by atoms with Crippen LogP contribution in [0, 0.1) is 13.8 Å². The van der Waals surface area contributed by atoms with E-state index in [1.165, 1.54) is 0 Å². The van der Waals surface area contributed by atoms with Crippen LogP contribution in [0.5, 0.6) is 0 Å². The van der Waals surface area contributed by atoms with Crippen LogP contribution in [-0.2, 0) is 14.4 Å². The van der Waals surface area contributed by atoms with E-state index in [1.807, 2.05) is 31.3 Å². The maximum atomic E-state index is 11.6. The summed E-state index contributed by atoms with van der Waals surface area (Å²) in [5.74, 6) is -0.994. The smallest absolute Gasteiger partial charge is 0.245 e. The summed E-state index contributed by atoms with van der Waals surface area (Å²) >= 11 is 0. The number of anilines is 1. The van der Waals surface area contributed by atoms with Crippen LogP contribution in [0.4, 0.5) is 5.82 Å². The minimum Gasteiger partial charge on any atom is -0.361 e. The Kier molecular flexibility index (Phi) is 6.28. The first-order valence-corrected chi connectivity index (χ1v) is 6.39. The molecule has 0 aliphatic rings. The number of nitrogens with one attached hydrogen (secondary N) is 3. The number of carbonyl (C=O) groups excluding carboxylic acids is 3. The Hall–Kier alpha value is -2.48. The quantitative estimate of drug-likeness (QED) is 0.523. The minimum absolute atomic E-state index is 0.0198. The summed E-state index contributed by atoms with van der Waals surface area (Å²) in [6, 6.07) is 3.73. The van der Waals surface area contributed by atoms with Gasteiger partial charge >= 0.3 is 0 Å². The molecule has 3 amide bonds. The summed E-state index contributed by atoms with van der Waals surface area (Å²) in [5.41, 5.74) is 6.92. The number of aryl methyl sites for hydroxylation is 2. The predicted molar refractivity (Wildman–Crippen MR) is 77.4 cm³/mol. The Balaban J connectivity index is 2.34. The summed E-state index contributed by atoms with van der Waals surface area (Å²) in [4.78, 5) is 37.9. The molecular weight excluding hydrogens is 274 g/mol. The SMILES string of the molecule is Cc1cc(C)nc(NCC(=O)NCC(=O)NC(=O)CN)c1. The molecule has 1 aromatic heterocycles. The summed E-state index contributed by atoms with van der Waals surface area (Å²) < 4.78 is 0. The van der Waals surface area contributed by atoms with E-state index in [0.29, 0.717) is 5.82 Å². The molecule has 1 rings (SSSR count). The van der Waals surface area contributed by atoms with Crippen molar-refractivity contribution in [1.82, 2.24) is 15.6 Å². The molecule has 21 heavy (non-hydrogen) atoms. The van der Waals surface area contributed by atoms with Crippen LogP contribution in [0.3, 0.4) is 0 Å². The fourth-order valence-electron chi connectivity index (χ4n) is 1.59. The number of hydrogen-bond acceptors (Lipinski definition) is 6. The second-order valence-corrected chi connectivity index (χ2v) is 4.48. The second-order valence-electron chi connectivity index (χ2n) is 4.48. The van der Waals surface area contributed by atoms with Crippen molar-refractivity contribution in [3.63, 3.8) is 0 Å². The zero-order chi connectivity index (χ0) is 15.8. The van der Waals surface area contributed by atoms with Gasteiger partial charge in [-0.15, -0.1) is 0 Å². The molecule has 0 saturated carbocycles. The number of amides is 3. The molecular formula is C13H19N5O3. The molecule has 0 aliphatic heterocycles. The molecule has 8 heteroatoms. The van der Waals surface area contributed by atoms with Gasteiger partial charge in [-0.3, -0.25) is 19.7 Å². The van der Waals surface area contributed by atoms with Crippen LogP contribution in [-0.4, -0.2) is 42.3 Å². The number of rotatable bonds is 6. The van der Waals surface area contributed by atoms with E-state index < -0.39 is 11.8 Å². The van der Waals surface area contributed by atoms with Gasteiger partial charge in [0.1, 0.15) is 5.82 Å². The summed E-state index contributed by atoms with van der Waals surface area (Å²) in [6.45, 7) is 3.20. The zero-order valence-corrected chi connectivity index (χ0v) is 12.0. The molecule has 0 atom stereocenters. The average Bonchev–Trinajstić information content (AvgIpc) is 2.41. The van der Waals surface area contributed by atoms with Gasteiger partial charge in [-0.2, -0.15) is 0 Å². The van der Waals surface area contributed by atoms with Gasteiger partial charge in [-0.05, 0) is 31.5 Å². The van der Waals surface area contributed by atoms with E-state index in [0.717, 1.165) is 11.3 Å². The monoisotopic (exact) mass is 293 g/mol. The first-order valence-electron chi connectivity index (χ1n) is 6.39. The molecule has 1 heterocycles. The van der Waals surface area contributed by atoms with Crippen LogP contribution in [0.15, 0.2) is 12.1 Å². The predicted octanol–water partition coefficient (Wildman–Crippen LogP) is -1.17. The van der Waals surface area contributed by atoms with Crippen LogP contribution in [0.25, 0.3) is 0 Å². The van der Waals surface area contributed by atoms with Crippen molar-refractivity contribution in [1.29, 1.82) is 0 Å². The van der Waals surface area contributed by atoms with E-state index >= 15 is 0 Å². The van der Waals surface area contributed by atoms with Gasteiger partial charge in [-0.1, -0.05) is 0 Å². The fraction of sp³-hybridized carbons (Fsp3) is 0.385. The molecule has 0 bridgehead atoms. The Morgan fingerprint density at radius 3 is 2.43 bits per heavy atom. The number of pyridine rings is 1. The lowest BCUT2D eigenvalue weighted by molar-refractivity contribution is -0.131. The molecule has 0 aliphatic carbocycles. The first-order chi connectivity index (χ1) is 9.90. The maximum absolute atomic E-state index is 11.6. The highest BCUT2D eigenvalue weighted by Crippen LogP contribution is 2.08. The Labute approximate surface area is 122 Å². The Morgan fingerprint density at radius 1 is 1.10 bits per heavy atom. The van der Waals surface area contributed by atoms with E-state index in [-0.39, 0.29) is 25.5 Å². The van der Waals surface area contributed by atoms with Crippen LogP contribution in [0.2, 0.25) is 0 Å². The van der Waals surface area contributed by atoms with Crippen LogP contribution < -0.4 is 21.7 Å². The third-order valence-corrected chi connectivity index (χ3v) is 2.44. The Bertz CT molecular complexity index is 524. The van der Waals surface area contributed by atoms with E-state index in [4.69, 9.17) is 5.73 Å². The molecule has 0 spiro atoms. The highest BCUT2D eigenvalue weighted by Gasteiger charge is 2.08. The van der Waals surface area contributed by atoms with Gasteiger partial charge in [0.25, 0.3) is 0 Å². The van der Waals surface area contributed by atoms with Crippen molar-refractivity contribution in [2.45, 2.75) is 13.8 Å². The van der Waals surface area contributed by atoms with Gasteiger partial charge in [0.15, 0.2) is 0 Å². The van der Waals surface area contributed by atoms with Gasteiger partial charge in [-0.25, -0.2) is 4.98 Å². The van der Waals surface area contributed by atoms with Crippen molar-refractivity contribution >= 4 is 23.5 Å². The summed E-state index contributed by atoms with van der Waals surface area (Å²) in [7, 11) is 0. The molecule has 0 radical (unpaired) electrons. The Morgan fingerprint density at radius 2 is 1.81 bits per heavy atom. The van der Waals surface area contributed by atoms with Crippen molar-refractivity contribution < 1.29 is 14.4 Å². The lowest BCUT2D eigenvalue weighted by Gasteiger charge is -2.08. The lowest BCUT2D eigenvalue weighted by atomic mass is 10.2. The number of nitrogens with zero attached hydrogens (tertiary/aromatic N) is 1. The average molecular weight is 293 g/mol. The molecule has 0 unspecified atom stereocenters. The van der Waals surface area contributed by atoms with Crippen molar-refractivity contribution in [2.75, 3.05) is 25.0 Å². The molecule has 0 fully saturated rings. The fourth-order valence-corrected chi connectivity index (χ4v) is 1.59. The molecule has 114 valence electrons. The maximum Gasteiger partial charge on any atom is 0.245 e. The molecule has 5 N–H and O–H groups in total. The molecule has 1 aromatic rings. The number of aromatic nitrogens is 1. The highest BCUT2D eigenvalue weighted by molar-refractivity contribution is 5.98. The van der Waals surface area contributed by atoms with Gasteiger partial charge < -0.3 is 16.4 Å². The second kappa shape index (κ2) is 7.95. The summed E-state index contributed by atoms with van der Waals surface area (Å²) in [6.07, 6.45) is 0. The zero-order valence-electron chi connectivity index (χ0n) is 12.0. The van der Waals surface area contributed by atoms with E-state index in [1.54, 1.807) is 0 Å². The van der Waals surface area contributed by atoms with Gasteiger partial charge in [0, 0.05) is 5.69 Å². The van der Waals surface area contributed by atoms with Gasteiger partial charge in [0.05, 0.1) is 19.6 Å². The largest absolute Gasteiger partial charge is 0.361 e. The lowest BCUT2D eigenvalue weighted by Crippen LogP contribution is -2.43. The number of carbonyl (C=O) groups is 3. The summed E-state index contributed by atoms with van der Waals surface area (Å²) in [5, 5.41) is 7.26. The third kappa shape index (κ3) is 6.48. The number of hydrogen-bond donors (Lipinski definition) is 4. The highest BCUT2D eigenvalue weighted by atomic mass is 16.2. The standard InChI is InChI=1S/C13H19N5O3/c1-8-3-9(2)17-10(4-8)15-6-12(20)16-7-13(21)18-11(19)5-14/h3-4H,5-7,14H2,1-2H3,(H,15,17)(H,16,20)(H,18,19,21). The van der Waals surface area contributed by atoms with E-state index in [2.05, 4.69) is 15.6 Å². The van der Waals surface area contributed by atoms with E-state index in [9.17, 15) is 14.4 Å². The minimum atomic E-state index is -0.608. The van der Waals surface area contributed by atoms with Crippen molar-refractivity contribution in [3.05, 3.63) is 23.4 Å². The van der Waals surface area contributed by atoms with Crippen LogP contribution in [0.1, 0.15) is 11.3 Å². The number of imide groups is 1. The van der Waals surface area contributed by atoms with Gasteiger partial charge in [0.2, 0.25) is 17.7 Å². The van der Waals surface area contributed by atoms with Crippen molar-refractivity contribution in [3.8, 4) is 0 Å². The number of nitrogens with two attached hydrogens (primary N) is 1. The first kappa shape index (κ1) is 16.6. The van der Waals surface area contributed by atoms with Crippen LogP contribution >= 0.6 is 0 Å². The molecule has 0 saturated heterocycles. The third-order valence-electron chi connectivity index (χ3n) is 2.44. The normalized spacial score (nSPS) is 9.86.